The van der Waals surface area contributed by atoms with Gasteiger partial charge in [-0.15, -0.1) is 0 Å². The van der Waals surface area contributed by atoms with Crippen LogP contribution in [0.4, 0.5) is 10.5 Å². The third kappa shape index (κ3) is 2.38. The second kappa shape index (κ2) is 5.78. The molecule has 1 N–H and O–H groups in total. The highest BCUT2D eigenvalue weighted by molar-refractivity contribution is 6.35. The maximum absolute atomic E-state index is 11.8. The second-order valence-corrected chi connectivity index (χ2v) is 7.10. The van der Waals surface area contributed by atoms with E-state index in [1.54, 1.807) is 6.20 Å². The number of hydrogen-bond acceptors (Lipinski definition) is 4. The lowest BCUT2D eigenvalue weighted by Gasteiger charge is -2.43. The highest BCUT2D eigenvalue weighted by Crippen LogP contribution is 2.37. The van der Waals surface area contributed by atoms with E-state index >= 15 is 0 Å². The second-order valence-electron chi connectivity index (χ2n) is 6.70. The Labute approximate surface area is 151 Å². The van der Waals surface area contributed by atoms with Crippen LogP contribution in [-0.2, 0) is 0 Å². The van der Waals surface area contributed by atoms with Crippen LogP contribution < -0.4 is 10.2 Å². The molecule has 1 aromatic carbocycles. The minimum atomic E-state index is -0.124. The molecule has 2 saturated heterocycles. The molecule has 0 unspecified atom stereocenters. The van der Waals surface area contributed by atoms with E-state index in [0.717, 1.165) is 37.0 Å². The van der Waals surface area contributed by atoms with Gasteiger partial charge in [-0.25, -0.2) is 4.79 Å². The van der Waals surface area contributed by atoms with Crippen LogP contribution in [0.25, 0.3) is 10.9 Å². The molecule has 2 aliphatic heterocycles. The van der Waals surface area contributed by atoms with Crippen molar-refractivity contribution in [1.82, 2.24) is 15.2 Å². The van der Waals surface area contributed by atoms with E-state index in [1.807, 2.05) is 30.1 Å². The summed E-state index contributed by atoms with van der Waals surface area (Å²) in [5.41, 5.74) is 2.04. The number of carbonyl (C=O) groups is 1. The molecule has 0 bridgehead atoms. The largest absolute Gasteiger partial charge is 0.370 e. The Bertz CT molecular complexity index is 898. The van der Waals surface area contributed by atoms with E-state index < -0.39 is 0 Å². The third-order valence-corrected chi connectivity index (χ3v) is 5.84. The van der Waals surface area contributed by atoms with Crippen molar-refractivity contribution in [1.29, 1.82) is 5.26 Å². The van der Waals surface area contributed by atoms with Crippen LogP contribution in [0.2, 0.25) is 5.02 Å². The molecule has 2 fully saturated rings. The van der Waals surface area contributed by atoms with E-state index in [4.69, 9.17) is 11.6 Å². The molecule has 0 saturated carbocycles. The average molecular weight is 356 g/mol. The van der Waals surface area contributed by atoms with Gasteiger partial charge in [0.25, 0.3) is 0 Å². The van der Waals surface area contributed by atoms with Crippen LogP contribution >= 0.6 is 11.6 Å². The Morgan fingerprint density at radius 3 is 2.76 bits per heavy atom. The maximum atomic E-state index is 11.8. The summed E-state index contributed by atoms with van der Waals surface area (Å²) < 4.78 is 0. The fourth-order valence-corrected chi connectivity index (χ4v) is 4.17. The first kappa shape index (κ1) is 16.0. The number of rotatable bonds is 1. The fourth-order valence-electron chi connectivity index (χ4n) is 3.95. The predicted molar refractivity (Wildman–Crippen MR) is 96.8 cm³/mol. The Morgan fingerprint density at radius 2 is 2.12 bits per heavy atom. The minimum absolute atomic E-state index is 0.00712. The van der Waals surface area contributed by atoms with Gasteiger partial charge in [0.15, 0.2) is 0 Å². The Balaban J connectivity index is 1.71. The zero-order chi connectivity index (χ0) is 17.6. The van der Waals surface area contributed by atoms with Crippen LogP contribution in [-0.4, -0.2) is 48.1 Å². The number of likely N-dealkylation sites (N-methyl/N-ethyl adjacent to an activating group) is 1. The minimum Gasteiger partial charge on any atom is -0.370 e. The lowest BCUT2D eigenvalue weighted by Crippen LogP contribution is -2.53. The lowest BCUT2D eigenvalue weighted by atomic mass is 9.86. The molecule has 2 amide bonds. The number of nitrogens with one attached hydrogen (secondary N) is 1. The summed E-state index contributed by atoms with van der Waals surface area (Å²) in [4.78, 5) is 20.3. The van der Waals surface area contributed by atoms with Gasteiger partial charge < -0.3 is 15.1 Å². The van der Waals surface area contributed by atoms with Crippen molar-refractivity contribution < 1.29 is 4.79 Å². The van der Waals surface area contributed by atoms with E-state index in [2.05, 4.69) is 21.3 Å². The van der Waals surface area contributed by atoms with Crippen molar-refractivity contribution in [3.8, 4) is 6.07 Å². The summed E-state index contributed by atoms with van der Waals surface area (Å²) in [5.74, 6) is 0. The number of fused-ring (bicyclic) bond motifs is 1. The number of piperidine rings is 1. The van der Waals surface area contributed by atoms with Gasteiger partial charge in [0.1, 0.15) is 6.07 Å². The average Bonchev–Trinajstić information content (AvgIpc) is 2.91. The Morgan fingerprint density at radius 1 is 1.36 bits per heavy atom. The number of amides is 2. The third-order valence-electron chi connectivity index (χ3n) is 5.54. The van der Waals surface area contributed by atoms with Crippen molar-refractivity contribution in [3.05, 3.63) is 35.0 Å². The molecule has 2 aromatic rings. The van der Waals surface area contributed by atoms with Crippen LogP contribution in [0.15, 0.2) is 24.4 Å². The van der Waals surface area contributed by atoms with Gasteiger partial charge in [-0.2, -0.15) is 5.26 Å². The number of anilines is 1. The SMILES string of the molecule is CN1C(=O)NCC12CCN(c1c(C#N)cnc3c(Cl)cccc13)CC2. The summed E-state index contributed by atoms with van der Waals surface area (Å²) in [6.45, 7) is 2.24. The molecule has 0 atom stereocenters. The molecule has 0 aliphatic carbocycles. The summed E-state index contributed by atoms with van der Waals surface area (Å²) in [6, 6.07) is 7.90. The topological polar surface area (TPSA) is 72.3 Å². The molecule has 6 nitrogen and oxygen atoms in total. The normalized spacial score (nSPS) is 19.3. The van der Waals surface area contributed by atoms with Crippen LogP contribution in [0.1, 0.15) is 18.4 Å². The van der Waals surface area contributed by atoms with Crippen molar-refractivity contribution in [2.75, 3.05) is 31.6 Å². The zero-order valence-corrected chi connectivity index (χ0v) is 14.7. The monoisotopic (exact) mass is 355 g/mol. The highest BCUT2D eigenvalue weighted by Gasteiger charge is 2.45. The van der Waals surface area contributed by atoms with Crippen molar-refractivity contribution in [2.45, 2.75) is 18.4 Å². The number of nitriles is 1. The summed E-state index contributed by atoms with van der Waals surface area (Å²) >= 11 is 6.28. The van der Waals surface area contributed by atoms with E-state index in [0.29, 0.717) is 22.6 Å². The number of para-hydroxylation sites is 1. The lowest BCUT2D eigenvalue weighted by molar-refractivity contribution is 0.155. The molecule has 7 heteroatoms. The van der Waals surface area contributed by atoms with E-state index in [-0.39, 0.29) is 11.6 Å². The summed E-state index contributed by atoms with van der Waals surface area (Å²) in [7, 11) is 1.86. The van der Waals surface area contributed by atoms with E-state index in [1.165, 1.54) is 0 Å². The zero-order valence-electron chi connectivity index (χ0n) is 13.9. The van der Waals surface area contributed by atoms with Crippen LogP contribution in [0, 0.1) is 11.3 Å². The molecule has 25 heavy (non-hydrogen) atoms. The number of aromatic nitrogens is 1. The fraction of sp³-hybridized carbons (Fsp3) is 0.389. The first-order chi connectivity index (χ1) is 12.1. The molecule has 0 radical (unpaired) electrons. The number of benzene rings is 1. The van der Waals surface area contributed by atoms with Gasteiger partial charge in [-0.1, -0.05) is 23.7 Å². The predicted octanol–water partition coefficient (Wildman–Crippen LogP) is 2.75. The first-order valence-electron chi connectivity index (χ1n) is 8.30. The number of halogens is 1. The Kier molecular flexibility index (Phi) is 3.69. The van der Waals surface area contributed by atoms with E-state index in [9.17, 15) is 10.1 Å². The smallest absolute Gasteiger partial charge is 0.317 e. The maximum Gasteiger partial charge on any atom is 0.317 e. The number of nitrogens with zero attached hydrogens (tertiary/aromatic N) is 4. The molecule has 4 rings (SSSR count). The number of pyridine rings is 1. The summed E-state index contributed by atoms with van der Waals surface area (Å²) in [6.07, 6.45) is 3.32. The first-order valence-corrected chi connectivity index (χ1v) is 8.67. The number of carbonyl (C=O) groups excluding carboxylic acids is 1. The standard InChI is InChI=1S/C18H18ClN5O/c1-23-17(25)22-11-18(23)5-7-24(8-6-18)16-12(9-20)10-21-15-13(16)3-2-4-14(15)19/h2-4,10H,5-8,11H2,1H3,(H,22,25). The van der Waals surface area contributed by atoms with Gasteiger partial charge >= 0.3 is 6.03 Å². The summed E-state index contributed by atoms with van der Waals surface area (Å²) in [5, 5.41) is 14.0. The van der Waals surface area contributed by atoms with Crippen molar-refractivity contribution in [3.63, 3.8) is 0 Å². The highest BCUT2D eigenvalue weighted by atomic mass is 35.5. The van der Waals surface area contributed by atoms with Crippen LogP contribution in [0.3, 0.4) is 0 Å². The van der Waals surface area contributed by atoms with Crippen LogP contribution in [0.5, 0.6) is 0 Å². The Hall–Kier alpha value is -2.52. The molecule has 128 valence electrons. The molecule has 1 spiro atoms. The quantitative estimate of drug-likeness (QED) is 0.853. The molecule has 1 aromatic heterocycles. The van der Waals surface area contributed by atoms with Crippen molar-refractivity contribution in [2.24, 2.45) is 0 Å². The number of urea groups is 1. The van der Waals surface area contributed by atoms with Gasteiger partial charge in [-0.3, -0.25) is 4.98 Å². The molecule has 3 heterocycles. The van der Waals surface area contributed by atoms with Gasteiger partial charge in [-0.05, 0) is 18.9 Å². The van der Waals surface area contributed by atoms with Gasteiger partial charge in [0.2, 0.25) is 0 Å². The number of hydrogen-bond donors (Lipinski definition) is 1. The van der Waals surface area contributed by atoms with Gasteiger partial charge in [0, 0.05) is 38.3 Å². The van der Waals surface area contributed by atoms with Gasteiger partial charge in [0.05, 0.1) is 27.3 Å². The van der Waals surface area contributed by atoms with Crippen molar-refractivity contribution >= 4 is 34.2 Å². The molecule has 2 aliphatic rings. The molecular weight excluding hydrogens is 338 g/mol. The molecular formula is C18H18ClN5O.